The van der Waals surface area contributed by atoms with Crippen LogP contribution in [0.3, 0.4) is 0 Å². The number of halogens is 4. The van der Waals surface area contributed by atoms with Crippen LogP contribution >= 0.6 is 0 Å². The number of nitrogens with one attached hydrogen (secondary N) is 2. The van der Waals surface area contributed by atoms with Gasteiger partial charge < -0.3 is 19.8 Å². The summed E-state index contributed by atoms with van der Waals surface area (Å²) in [6, 6.07) is 2.57. The van der Waals surface area contributed by atoms with Crippen molar-refractivity contribution in [3.63, 3.8) is 0 Å². The molecule has 14 heteroatoms. The van der Waals surface area contributed by atoms with Crippen molar-refractivity contribution in [2.45, 2.75) is 27.0 Å². The van der Waals surface area contributed by atoms with Gasteiger partial charge in [0.2, 0.25) is 11.6 Å². The summed E-state index contributed by atoms with van der Waals surface area (Å²) in [4.78, 5) is 25.7. The normalized spacial score (nSPS) is 11.0. The zero-order chi connectivity index (χ0) is 26.9. The largest absolute Gasteiger partial charge is 0.479 e. The van der Waals surface area contributed by atoms with Crippen LogP contribution in [0.25, 0.3) is 0 Å². The second-order valence-corrected chi connectivity index (χ2v) is 7.75. The molecule has 0 saturated heterocycles. The van der Waals surface area contributed by atoms with Crippen LogP contribution in [0.4, 0.5) is 28.9 Å². The molecule has 0 radical (unpaired) electrons. The van der Waals surface area contributed by atoms with Gasteiger partial charge in [-0.15, -0.1) is 0 Å². The molecule has 0 aliphatic carbocycles. The topological polar surface area (TPSA) is 116 Å². The second-order valence-electron chi connectivity index (χ2n) is 7.75. The van der Waals surface area contributed by atoms with Crippen molar-refractivity contribution in [1.29, 1.82) is 0 Å². The zero-order valence-electron chi connectivity index (χ0n) is 19.7. The van der Waals surface area contributed by atoms with E-state index < -0.39 is 47.4 Å². The number of furan rings is 1. The lowest BCUT2D eigenvalue weighted by atomic mass is 10.3. The lowest BCUT2D eigenvalue weighted by Gasteiger charge is -2.09. The van der Waals surface area contributed by atoms with Gasteiger partial charge in [-0.05, 0) is 26.0 Å². The highest BCUT2D eigenvalue weighted by Crippen LogP contribution is 2.27. The third-order valence-electron chi connectivity index (χ3n) is 5.40. The number of nitrogens with zero attached hydrogens (tertiary/aromatic N) is 4. The van der Waals surface area contributed by atoms with E-state index in [1.807, 2.05) is 0 Å². The predicted molar refractivity (Wildman–Crippen MR) is 121 cm³/mol. The molecule has 2 N–H and O–H groups in total. The summed E-state index contributed by atoms with van der Waals surface area (Å²) in [7, 11) is 1.72. The van der Waals surface area contributed by atoms with Crippen LogP contribution in [0, 0.1) is 30.2 Å². The van der Waals surface area contributed by atoms with E-state index in [1.165, 1.54) is 29.2 Å². The molecule has 3 heterocycles. The molecule has 3 aromatic heterocycles. The average Bonchev–Trinajstić information content (AvgIpc) is 3.58. The van der Waals surface area contributed by atoms with Gasteiger partial charge in [-0.2, -0.15) is 19.0 Å². The van der Waals surface area contributed by atoms with E-state index in [1.54, 1.807) is 25.6 Å². The Bertz CT molecular complexity index is 1470. The van der Waals surface area contributed by atoms with Gasteiger partial charge in [-0.3, -0.25) is 19.0 Å². The second kappa shape index (κ2) is 10.2. The lowest BCUT2D eigenvalue weighted by Crippen LogP contribution is -2.21. The molecule has 0 unspecified atom stereocenters. The van der Waals surface area contributed by atoms with Gasteiger partial charge >= 0.3 is 0 Å². The summed E-state index contributed by atoms with van der Waals surface area (Å²) in [6.07, 6.45) is 2.78. The number of carbonyl (C=O) groups excluding carboxylic acids is 2. The molecule has 2 amide bonds. The quantitative estimate of drug-likeness (QED) is 0.266. The number of hydrogen-bond donors (Lipinski definition) is 2. The first kappa shape index (κ1) is 25.5. The van der Waals surface area contributed by atoms with Crippen molar-refractivity contribution >= 4 is 23.2 Å². The van der Waals surface area contributed by atoms with E-state index in [2.05, 4.69) is 20.8 Å². The lowest BCUT2D eigenvalue weighted by molar-refractivity contribution is 0.0992. The molecule has 0 spiro atoms. The van der Waals surface area contributed by atoms with Crippen LogP contribution < -0.4 is 15.4 Å². The highest BCUT2D eigenvalue weighted by Gasteiger charge is 2.24. The fraction of sp³-hybridized carbons (Fsp3) is 0.217. The summed E-state index contributed by atoms with van der Waals surface area (Å²) in [6.45, 7) is 3.24. The van der Waals surface area contributed by atoms with E-state index in [4.69, 9.17) is 9.15 Å². The highest BCUT2D eigenvalue weighted by atomic mass is 19.2. The van der Waals surface area contributed by atoms with Crippen molar-refractivity contribution in [3.05, 3.63) is 76.8 Å². The predicted octanol–water partition coefficient (Wildman–Crippen LogP) is 4.18. The molecule has 194 valence electrons. The molecule has 0 fully saturated rings. The molecule has 37 heavy (non-hydrogen) atoms. The fourth-order valence-electron chi connectivity index (χ4n) is 3.34. The van der Waals surface area contributed by atoms with Gasteiger partial charge in [0.05, 0.1) is 29.5 Å². The van der Waals surface area contributed by atoms with Crippen LogP contribution in [0.15, 0.2) is 35.0 Å². The van der Waals surface area contributed by atoms with Gasteiger partial charge in [-0.25, -0.2) is 8.78 Å². The van der Waals surface area contributed by atoms with Crippen molar-refractivity contribution in [2.75, 3.05) is 10.6 Å². The number of aryl methyl sites for hydroxylation is 2. The number of amides is 2. The Hall–Kier alpha value is -4.62. The molecule has 4 aromatic rings. The van der Waals surface area contributed by atoms with Gasteiger partial charge in [0.15, 0.2) is 23.1 Å². The van der Waals surface area contributed by atoms with E-state index >= 15 is 0 Å². The minimum absolute atomic E-state index is 0.0555. The molecule has 0 aliphatic rings. The number of benzene rings is 1. The van der Waals surface area contributed by atoms with Crippen molar-refractivity contribution in [3.8, 4) is 5.75 Å². The molecular formula is C23H20F4N6O4. The standard InChI is InChI=1S/C23H20F4N6O4/c1-4-33-20(23(35)30-15-8-28-32(3)11(15)2)16(9-29-33)31-22(34)17-6-5-12(37-17)10-36-21-18(26)13(24)7-14(25)19(21)27/h5-9H,4,10H2,1-3H3,(H,30,35)(H,31,34). The zero-order valence-corrected chi connectivity index (χ0v) is 19.7. The van der Waals surface area contributed by atoms with Crippen LogP contribution in [-0.2, 0) is 20.2 Å². The number of ether oxygens (including phenoxy) is 1. The molecular weight excluding hydrogens is 500 g/mol. The van der Waals surface area contributed by atoms with E-state index in [9.17, 15) is 27.2 Å². The summed E-state index contributed by atoms with van der Waals surface area (Å²) in [5.74, 6) is -9.52. The summed E-state index contributed by atoms with van der Waals surface area (Å²) in [5.41, 5.74) is 1.37. The SMILES string of the molecule is CCn1ncc(NC(=O)c2ccc(COc3c(F)c(F)cc(F)c3F)o2)c1C(=O)Nc1cnn(C)c1C. The van der Waals surface area contributed by atoms with Crippen molar-refractivity contribution in [2.24, 2.45) is 7.05 Å². The molecule has 0 aliphatic heterocycles. The average molecular weight is 520 g/mol. The Morgan fingerprint density at radius 2 is 1.65 bits per heavy atom. The molecule has 0 saturated carbocycles. The maximum Gasteiger partial charge on any atom is 0.291 e. The minimum atomic E-state index is -1.70. The van der Waals surface area contributed by atoms with Crippen molar-refractivity contribution in [1.82, 2.24) is 19.6 Å². The van der Waals surface area contributed by atoms with Crippen LogP contribution in [0.2, 0.25) is 0 Å². The number of aromatic nitrogens is 4. The number of carbonyl (C=O) groups is 2. The maximum atomic E-state index is 13.8. The third kappa shape index (κ3) is 5.03. The smallest absolute Gasteiger partial charge is 0.291 e. The van der Waals surface area contributed by atoms with E-state index in [0.717, 1.165) is 0 Å². The summed E-state index contributed by atoms with van der Waals surface area (Å²) in [5, 5.41) is 13.4. The molecule has 1 aromatic carbocycles. The minimum Gasteiger partial charge on any atom is -0.479 e. The summed E-state index contributed by atoms with van der Waals surface area (Å²) < 4.78 is 67.4. The highest BCUT2D eigenvalue weighted by molar-refractivity contribution is 6.11. The first-order valence-electron chi connectivity index (χ1n) is 10.8. The first-order chi connectivity index (χ1) is 17.6. The number of hydrogen-bond acceptors (Lipinski definition) is 6. The number of anilines is 2. The number of rotatable bonds is 8. The van der Waals surface area contributed by atoms with Crippen LogP contribution in [0.5, 0.6) is 5.75 Å². The van der Waals surface area contributed by atoms with Crippen LogP contribution in [-0.4, -0.2) is 31.4 Å². The Labute approximate surface area is 206 Å². The maximum absolute atomic E-state index is 13.8. The van der Waals surface area contributed by atoms with Crippen molar-refractivity contribution < 1.29 is 36.3 Å². The molecule has 4 rings (SSSR count). The first-order valence-corrected chi connectivity index (χ1v) is 10.8. The Balaban J connectivity index is 1.48. The third-order valence-corrected chi connectivity index (χ3v) is 5.40. The molecule has 10 nitrogen and oxygen atoms in total. The Morgan fingerprint density at radius 1 is 1.00 bits per heavy atom. The monoisotopic (exact) mass is 520 g/mol. The van der Waals surface area contributed by atoms with Gasteiger partial charge in [0, 0.05) is 19.7 Å². The Kier molecular flexibility index (Phi) is 7.00. The van der Waals surface area contributed by atoms with Gasteiger partial charge in [0.1, 0.15) is 18.1 Å². The van der Waals surface area contributed by atoms with E-state index in [-0.39, 0.29) is 29.0 Å². The molecule has 0 bridgehead atoms. The van der Waals surface area contributed by atoms with Gasteiger partial charge in [0.25, 0.3) is 11.8 Å². The molecule has 0 atom stereocenters. The Morgan fingerprint density at radius 3 is 2.27 bits per heavy atom. The fourth-order valence-corrected chi connectivity index (χ4v) is 3.34. The van der Waals surface area contributed by atoms with Gasteiger partial charge in [-0.1, -0.05) is 0 Å². The van der Waals surface area contributed by atoms with E-state index in [0.29, 0.717) is 17.9 Å². The van der Waals surface area contributed by atoms with Crippen LogP contribution in [0.1, 0.15) is 39.4 Å². The summed E-state index contributed by atoms with van der Waals surface area (Å²) >= 11 is 0.